The summed E-state index contributed by atoms with van der Waals surface area (Å²) in [6.07, 6.45) is 0. The lowest BCUT2D eigenvalue weighted by Crippen LogP contribution is -2.18. The molecule has 0 saturated heterocycles. The Balaban J connectivity index is 2.36. The third kappa shape index (κ3) is 3.83. The summed E-state index contributed by atoms with van der Waals surface area (Å²) in [5.41, 5.74) is 1.86. The molecule has 2 rings (SSSR count). The molecule has 2 aromatic carbocycles. The molecule has 0 bridgehead atoms. The average Bonchev–Trinajstić information content (AvgIpc) is 2.45. The van der Waals surface area contributed by atoms with Gasteiger partial charge in [-0.2, -0.15) is 0 Å². The molecule has 112 valence electrons. The Kier molecular flexibility index (Phi) is 5.37. The summed E-state index contributed by atoms with van der Waals surface area (Å²) >= 11 is 3.45. The highest BCUT2D eigenvalue weighted by Crippen LogP contribution is 2.33. The van der Waals surface area contributed by atoms with E-state index in [-0.39, 0.29) is 17.6 Å². The molecule has 0 spiro atoms. The molecule has 0 fully saturated rings. The normalized spacial score (nSPS) is 12.2. The maximum absolute atomic E-state index is 14.2. The van der Waals surface area contributed by atoms with Gasteiger partial charge >= 0.3 is 0 Å². The van der Waals surface area contributed by atoms with Crippen molar-refractivity contribution < 1.29 is 9.13 Å². The van der Waals surface area contributed by atoms with Crippen molar-refractivity contribution in [3.8, 4) is 11.5 Å². The highest BCUT2D eigenvalue weighted by Gasteiger charge is 2.16. The summed E-state index contributed by atoms with van der Waals surface area (Å²) in [6, 6.07) is 10.7. The van der Waals surface area contributed by atoms with Crippen LogP contribution in [0.15, 0.2) is 40.9 Å². The van der Waals surface area contributed by atoms with Crippen LogP contribution in [0, 0.1) is 12.7 Å². The van der Waals surface area contributed by atoms with Gasteiger partial charge in [-0.15, -0.1) is 0 Å². The summed E-state index contributed by atoms with van der Waals surface area (Å²) in [4.78, 5) is 0. The summed E-state index contributed by atoms with van der Waals surface area (Å²) in [5.74, 6) is 0.566. The fraction of sp³-hybridized carbons (Fsp3) is 0.294. The van der Waals surface area contributed by atoms with Crippen molar-refractivity contribution in [3.05, 3.63) is 57.8 Å². The van der Waals surface area contributed by atoms with Gasteiger partial charge in [-0.25, -0.2) is 4.39 Å². The van der Waals surface area contributed by atoms with Crippen LogP contribution in [-0.4, -0.2) is 6.54 Å². The standard InChI is InChI=1S/C17H19BrFNO/c1-4-20-12(3)14-6-5-7-16(19)17(14)21-13-8-9-15(18)11(2)10-13/h5-10,12,20H,4H2,1-3H3. The quantitative estimate of drug-likeness (QED) is 0.782. The number of para-hydroxylation sites is 1. The fourth-order valence-electron chi connectivity index (χ4n) is 2.19. The number of hydrogen-bond acceptors (Lipinski definition) is 2. The zero-order chi connectivity index (χ0) is 15.4. The van der Waals surface area contributed by atoms with Crippen molar-refractivity contribution in [3.63, 3.8) is 0 Å². The van der Waals surface area contributed by atoms with Gasteiger partial charge in [0.1, 0.15) is 5.75 Å². The number of aryl methyl sites for hydroxylation is 1. The van der Waals surface area contributed by atoms with E-state index < -0.39 is 0 Å². The van der Waals surface area contributed by atoms with Crippen LogP contribution in [0.5, 0.6) is 11.5 Å². The van der Waals surface area contributed by atoms with E-state index >= 15 is 0 Å². The first-order valence-electron chi connectivity index (χ1n) is 6.98. The van der Waals surface area contributed by atoms with Crippen LogP contribution in [0.3, 0.4) is 0 Å². The minimum Gasteiger partial charge on any atom is -0.454 e. The lowest BCUT2D eigenvalue weighted by molar-refractivity contribution is 0.426. The highest BCUT2D eigenvalue weighted by atomic mass is 79.9. The monoisotopic (exact) mass is 351 g/mol. The van der Waals surface area contributed by atoms with Crippen LogP contribution in [0.4, 0.5) is 4.39 Å². The third-order valence-corrected chi connectivity index (χ3v) is 4.21. The Labute approximate surface area is 133 Å². The predicted octanol–water partition coefficient (Wildman–Crippen LogP) is 5.36. The molecule has 21 heavy (non-hydrogen) atoms. The number of nitrogens with one attached hydrogen (secondary N) is 1. The molecule has 0 saturated carbocycles. The Hall–Kier alpha value is -1.39. The van der Waals surface area contributed by atoms with E-state index in [0.717, 1.165) is 22.1 Å². The van der Waals surface area contributed by atoms with Crippen molar-refractivity contribution in [2.24, 2.45) is 0 Å². The minimum absolute atomic E-state index is 0.0252. The maximum Gasteiger partial charge on any atom is 0.167 e. The second-order valence-corrected chi connectivity index (χ2v) is 5.80. The molecular formula is C17H19BrFNO. The van der Waals surface area contributed by atoms with Crippen LogP contribution >= 0.6 is 15.9 Å². The van der Waals surface area contributed by atoms with Crippen molar-refractivity contribution in [1.29, 1.82) is 0 Å². The summed E-state index contributed by atoms with van der Waals surface area (Å²) in [5, 5.41) is 3.28. The van der Waals surface area contributed by atoms with Gasteiger partial charge in [-0.1, -0.05) is 35.0 Å². The Morgan fingerprint density at radius 1 is 1.29 bits per heavy atom. The smallest absolute Gasteiger partial charge is 0.167 e. The van der Waals surface area contributed by atoms with Gasteiger partial charge in [0.05, 0.1) is 0 Å². The average molecular weight is 352 g/mol. The fourth-order valence-corrected chi connectivity index (χ4v) is 2.44. The van der Waals surface area contributed by atoms with E-state index in [9.17, 15) is 4.39 Å². The largest absolute Gasteiger partial charge is 0.454 e. The molecule has 2 aromatic rings. The van der Waals surface area contributed by atoms with Gasteiger partial charge in [0.25, 0.3) is 0 Å². The number of rotatable bonds is 5. The van der Waals surface area contributed by atoms with Gasteiger partial charge in [0.2, 0.25) is 0 Å². The number of ether oxygens (including phenoxy) is 1. The number of hydrogen-bond donors (Lipinski definition) is 1. The lowest BCUT2D eigenvalue weighted by atomic mass is 10.1. The van der Waals surface area contributed by atoms with E-state index in [1.54, 1.807) is 6.07 Å². The first-order valence-corrected chi connectivity index (χ1v) is 7.78. The van der Waals surface area contributed by atoms with E-state index in [4.69, 9.17) is 4.74 Å². The summed E-state index contributed by atoms with van der Waals surface area (Å²) < 4.78 is 21.0. The van der Waals surface area contributed by atoms with E-state index in [1.165, 1.54) is 6.07 Å². The molecule has 4 heteroatoms. The molecule has 0 amide bonds. The highest BCUT2D eigenvalue weighted by molar-refractivity contribution is 9.10. The summed E-state index contributed by atoms with van der Waals surface area (Å²) in [7, 11) is 0. The zero-order valence-electron chi connectivity index (χ0n) is 12.4. The second-order valence-electron chi connectivity index (χ2n) is 4.95. The van der Waals surface area contributed by atoms with Crippen molar-refractivity contribution in [2.45, 2.75) is 26.8 Å². The van der Waals surface area contributed by atoms with Crippen LogP contribution in [0.2, 0.25) is 0 Å². The van der Waals surface area contributed by atoms with Gasteiger partial charge in [-0.3, -0.25) is 0 Å². The number of benzene rings is 2. The Bertz CT molecular complexity index is 630. The molecule has 0 heterocycles. The van der Waals surface area contributed by atoms with Gasteiger partial charge in [0.15, 0.2) is 11.6 Å². The molecule has 0 aromatic heterocycles. The van der Waals surface area contributed by atoms with Gasteiger partial charge < -0.3 is 10.1 Å². The SMILES string of the molecule is CCNC(C)c1cccc(F)c1Oc1ccc(Br)c(C)c1. The van der Waals surface area contributed by atoms with E-state index in [0.29, 0.717) is 5.75 Å². The van der Waals surface area contributed by atoms with E-state index in [1.807, 2.05) is 45.0 Å². The molecule has 1 atom stereocenters. The van der Waals surface area contributed by atoms with Crippen LogP contribution < -0.4 is 10.1 Å². The van der Waals surface area contributed by atoms with Crippen LogP contribution in [0.25, 0.3) is 0 Å². The summed E-state index contributed by atoms with van der Waals surface area (Å²) in [6.45, 7) is 6.81. The molecular weight excluding hydrogens is 333 g/mol. The molecule has 0 aliphatic heterocycles. The van der Waals surface area contributed by atoms with Gasteiger partial charge in [0, 0.05) is 16.1 Å². The van der Waals surface area contributed by atoms with Crippen molar-refractivity contribution in [1.82, 2.24) is 5.32 Å². The topological polar surface area (TPSA) is 21.3 Å². The lowest BCUT2D eigenvalue weighted by Gasteiger charge is -2.18. The van der Waals surface area contributed by atoms with Gasteiger partial charge in [-0.05, 0) is 50.2 Å². The molecule has 1 N–H and O–H groups in total. The Morgan fingerprint density at radius 2 is 2.05 bits per heavy atom. The second kappa shape index (κ2) is 7.05. The molecule has 0 radical (unpaired) electrons. The first-order chi connectivity index (χ1) is 10.0. The maximum atomic E-state index is 14.2. The zero-order valence-corrected chi connectivity index (χ0v) is 14.0. The molecule has 0 aliphatic rings. The first kappa shape index (κ1) is 16.0. The number of halogens is 2. The third-order valence-electron chi connectivity index (χ3n) is 3.32. The molecule has 0 aliphatic carbocycles. The van der Waals surface area contributed by atoms with Crippen LogP contribution in [-0.2, 0) is 0 Å². The Morgan fingerprint density at radius 3 is 2.71 bits per heavy atom. The van der Waals surface area contributed by atoms with E-state index in [2.05, 4.69) is 21.2 Å². The predicted molar refractivity (Wildman–Crippen MR) is 87.4 cm³/mol. The molecule has 2 nitrogen and oxygen atoms in total. The van der Waals surface area contributed by atoms with Crippen molar-refractivity contribution >= 4 is 15.9 Å². The minimum atomic E-state index is -0.349. The molecule has 1 unspecified atom stereocenters. The van der Waals surface area contributed by atoms with Crippen LogP contribution in [0.1, 0.15) is 31.0 Å². The van der Waals surface area contributed by atoms with Crippen molar-refractivity contribution in [2.75, 3.05) is 6.54 Å².